The highest BCUT2D eigenvalue weighted by molar-refractivity contribution is 6.33. The van der Waals surface area contributed by atoms with Crippen LogP contribution in [0.1, 0.15) is 50.4 Å². The molecule has 35 heavy (non-hydrogen) atoms. The molecule has 0 aromatic heterocycles. The van der Waals surface area contributed by atoms with Crippen molar-refractivity contribution in [1.82, 2.24) is 15.1 Å². The number of methoxy groups -OCH3 is 2. The minimum Gasteiger partial charge on any atom is -0.496 e. The van der Waals surface area contributed by atoms with Gasteiger partial charge in [0.05, 0.1) is 35.5 Å². The topological polar surface area (TPSA) is 97.1 Å². The molecule has 2 atom stereocenters. The maximum atomic E-state index is 13.0. The van der Waals surface area contributed by atoms with Crippen LogP contribution in [0.4, 0.5) is 5.69 Å². The Morgan fingerprint density at radius 3 is 2.37 bits per heavy atom. The molecule has 2 saturated heterocycles. The number of anilines is 1. The summed E-state index contributed by atoms with van der Waals surface area (Å²) in [5.41, 5.74) is 6.24. The molecule has 2 aliphatic rings. The first kappa shape index (κ1) is 29.5. The van der Waals surface area contributed by atoms with E-state index in [1.54, 1.807) is 19.2 Å². The second-order valence-corrected chi connectivity index (χ2v) is 10.9. The molecule has 10 heteroatoms. The molecular formula is C25H40Cl2N4O4. The lowest BCUT2D eigenvalue weighted by molar-refractivity contribution is -0.141. The predicted octanol–water partition coefficient (Wildman–Crippen LogP) is 3.46. The maximum Gasteiger partial charge on any atom is 0.255 e. The van der Waals surface area contributed by atoms with Gasteiger partial charge >= 0.3 is 0 Å². The van der Waals surface area contributed by atoms with E-state index >= 15 is 0 Å². The minimum absolute atomic E-state index is 0. The minimum atomic E-state index is -0.327. The summed E-state index contributed by atoms with van der Waals surface area (Å²) < 4.78 is 11.1. The van der Waals surface area contributed by atoms with Gasteiger partial charge in [-0.05, 0) is 31.2 Å². The Labute approximate surface area is 220 Å². The molecule has 8 nitrogen and oxygen atoms in total. The van der Waals surface area contributed by atoms with Gasteiger partial charge in [-0.1, -0.05) is 32.4 Å². The van der Waals surface area contributed by atoms with Gasteiger partial charge in [0, 0.05) is 51.3 Å². The van der Waals surface area contributed by atoms with Crippen LogP contribution in [-0.2, 0) is 9.53 Å². The monoisotopic (exact) mass is 530 g/mol. The molecular weight excluding hydrogens is 491 g/mol. The first-order valence-electron chi connectivity index (χ1n) is 12.0. The Morgan fingerprint density at radius 1 is 1.14 bits per heavy atom. The van der Waals surface area contributed by atoms with Crippen LogP contribution in [0.15, 0.2) is 12.1 Å². The molecule has 0 unspecified atom stereocenters. The van der Waals surface area contributed by atoms with E-state index in [4.69, 9.17) is 26.8 Å². The zero-order valence-electron chi connectivity index (χ0n) is 21.4. The third-order valence-electron chi connectivity index (χ3n) is 6.89. The number of rotatable bonds is 6. The summed E-state index contributed by atoms with van der Waals surface area (Å²) in [6.45, 7) is 10.2. The van der Waals surface area contributed by atoms with E-state index in [2.05, 4.69) is 10.2 Å². The number of amides is 2. The van der Waals surface area contributed by atoms with Gasteiger partial charge in [-0.2, -0.15) is 0 Å². The lowest BCUT2D eigenvalue weighted by atomic mass is 9.90. The number of hydrogen-bond acceptors (Lipinski definition) is 6. The molecule has 2 amide bonds. The molecule has 3 N–H and O–H groups in total. The molecule has 1 aromatic carbocycles. The second kappa shape index (κ2) is 12.5. The molecule has 0 radical (unpaired) electrons. The molecule has 0 spiro atoms. The number of carbonyl (C=O) groups excluding carboxylic acids is 2. The average molecular weight is 532 g/mol. The van der Waals surface area contributed by atoms with Crippen molar-refractivity contribution in [3.8, 4) is 5.75 Å². The van der Waals surface area contributed by atoms with E-state index in [-0.39, 0.29) is 41.8 Å². The molecule has 2 heterocycles. The first-order chi connectivity index (χ1) is 16.0. The van der Waals surface area contributed by atoms with E-state index in [0.29, 0.717) is 27.9 Å². The van der Waals surface area contributed by atoms with Gasteiger partial charge in [0.25, 0.3) is 5.91 Å². The molecule has 198 valence electrons. The summed E-state index contributed by atoms with van der Waals surface area (Å²) in [4.78, 5) is 30.0. The molecule has 0 saturated carbocycles. The van der Waals surface area contributed by atoms with Crippen LogP contribution in [0.25, 0.3) is 0 Å². The summed E-state index contributed by atoms with van der Waals surface area (Å²) in [6, 6.07) is 2.99. The van der Waals surface area contributed by atoms with Crippen molar-refractivity contribution in [2.75, 3.05) is 52.7 Å². The van der Waals surface area contributed by atoms with Crippen molar-refractivity contribution < 1.29 is 19.1 Å². The molecule has 2 fully saturated rings. The van der Waals surface area contributed by atoms with Crippen LogP contribution in [0, 0.1) is 11.3 Å². The summed E-state index contributed by atoms with van der Waals surface area (Å²) >= 11 is 6.13. The zero-order valence-corrected chi connectivity index (χ0v) is 23.0. The number of piperidine rings is 2. The average Bonchev–Trinajstić information content (AvgIpc) is 2.80. The van der Waals surface area contributed by atoms with Crippen molar-refractivity contribution in [1.29, 1.82) is 0 Å². The number of nitrogen functional groups attached to an aromatic ring is 1. The van der Waals surface area contributed by atoms with Crippen LogP contribution in [0.5, 0.6) is 5.75 Å². The van der Waals surface area contributed by atoms with E-state index in [9.17, 15) is 9.59 Å². The number of halogens is 2. The van der Waals surface area contributed by atoms with Gasteiger partial charge in [0.2, 0.25) is 5.91 Å². The third-order valence-corrected chi connectivity index (χ3v) is 7.21. The highest BCUT2D eigenvalue weighted by atomic mass is 35.5. The molecule has 0 aliphatic carbocycles. The molecule has 2 aliphatic heterocycles. The number of benzene rings is 1. The fraction of sp³-hybridized carbons (Fsp3) is 0.680. The van der Waals surface area contributed by atoms with Gasteiger partial charge < -0.3 is 30.3 Å². The quantitative estimate of drug-likeness (QED) is 0.546. The van der Waals surface area contributed by atoms with Crippen LogP contribution >= 0.6 is 24.0 Å². The number of likely N-dealkylation sites (tertiary alicyclic amines) is 2. The molecule has 0 bridgehead atoms. The highest BCUT2D eigenvalue weighted by Crippen LogP contribution is 2.29. The van der Waals surface area contributed by atoms with Crippen molar-refractivity contribution in [2.45, 2.75) is 52.2 Å². The Bertz CT molecular complexity index is 885. The summed E-state index contributed by atoms with van der Waals surface area (Å²) in [5.74, 6) is 0.937. The first-order valence-corrected chi connectivity index (χ1v) is 12.4. The van der Waals surface area contributed by atoms with Crippen LogP contribution < -0.4 is 15.8 Å². The number of carbonyl (C=O) groups is 2. The van der Waals surface area contributed by atoms with Gasteiger partial charge in [0.15, 0.2) is 0 Å². The Morgan fingerprint density at radius 2 is 1.80 bits per heavy atom. The van der Waals surface area contributed by atoms with Crippen molar-refractivity contribution in [3.05, 3.63) is 22.7 Å². The zero-order chi connectivity index (χ0) is 25.0. The number of nitrogens with two attached hydrogens (primary N) is 1. The van der Waals surface area contributed by atoms with E-state index in [0.717, 1.165) is 52.0 Å². The second-order valence-electron chi connectivity index (χ2n) is 10.5. The summed E-state index contributed by atoms with van der Waals surface area (Å²) in [7, 11) is 3.18. The van der Waals surface area contributed by atoms with Gasteiger partial charge in [-0.25, -0.2) is 0 Å². The van der Waals surface area contributed by atoms with Crippen molar-refractivity contribution >= 4 is 41.5 Å². The summed E-state index contributed by atoms with van der Waals surface area (Å²) in [6.07, 6.45) is 2.72. The Balaban J connectivity index is 0.00000432. The van der Waals surface area contributed by atoms with Gasteiger partial charge in [-0.3, -0.25) is 9.59 Å². The number of ether oxygens (including phenoxy) is 2. The summed E-state index contributed by atoms with van der Waals surface area (Å²) in [5, 5.41) is 3.42. The standard InChI is InChI=1S/C25H39ClN4O4.ClH/c1-25(2,3)24(32)30-10-6-16(7-11-30)14-29-9-8-20(22(15-29)34-5)28-23(31)17-12-18(26)19(27)13-21(17)33-4;/h12-13,16,20,22H,6-11,14-15,27H2,1-5H3,(H,28,31);1H/t20-,22+;/m1./s1. The predicted molar refractivity (Wildman–Crippen MR) is 142 cm³/mol. The number of hydrogen-bond donors (Lipinski definition) is 2. The van der Waals surface area contributed by atoms with Gasteiger partial charge in [0.1, 0.15) is 5.75 Å². The normalized spacial score (nSPS) is 21.8. The fourth-order valence-corrected chi connectivity index (χ4v) is 5.03. The van der Waals surface area contributed by atoms with E-state index < -0.39 is 0 Å². The highest BCUT2D eigenvalue weighted by Gasteiger charge is 2.34. The molecule has 1 aromatic rings. The lowest BCUT2D eigenvalue weighted by Gasteiger charge is -2.41. The number of nitrogens with one attached hydrogen (secondary N) is 1. The third kappa shape index (κ3) is 7.38. The Hall–Kier alpha value is -1.74. The van der Waals surface area contributed by atoms with Crippen LogP contribution in [-0.4, -0.2) is 80.7 Å². The SMILES string of the molecule is COc1cc(N)c(Cl)cc1C(=O)N[C@@H]1CCN(CC2CCN(C(=O)C(C)(C)C)CC2)C[C@@H]1OC.Cl. The molecule has 3 rings (SSSR count). The number of nitrogens with zero attached hydrogens (tertiary/aromatic N) is 2. The maximum absolute atomic E-state index is 13.0. The van der Waals surface area contributed by atoms with Crippen molar-refractivity contribution in [3.63, 3.8) is 0 Å². The Kier molecular flexibility index (Phi) is 10.5. The largest absolute Gasteiger partial charge is 0.496 e. The van der Waals surface area contributed by atoms with E-state index in [1.165, 1.54) is 7.11 Å². The van der Waals surface area contributed by atoms with Crippen LogP contribution in [0.2, 0.25) is 5.02 Å². The lowest BCUT2D eigenvalue weighted by Crippen LogP contribution is -2.56. The van der Waals surface area contributed by atoms with Crippen molar-refractivity contribution in [2.24, 2.45) is 11.3 Å². The van der Waals surface area contributed by atoms with E-state index in [1.807, 2.05) is 25.7 Å². The van der Waals surface area contributed by atoms with Gasteiger partial charge in [-0.15, -0.1) is 12.4 Å². The van der Waals surface area contributed by atoms with Crippen LogP contribution in [0.3, 0.4) is 0 Å². The smallest absolute Gasteiger partial charge is 0.255 e. The fourth-order valence-electron chi connectivity index (χ4n) is 4.87.